The highest BCUT2D eigenvalue weighted by Gasteiger charge is 2.15. The van der Waals surface area contributed by atoms with Gasteiger partial charge in [-0.2, -0.15) is 0 Å². The van der Waals surface area contributed by atoms with Crippen LogP contribution in [-0.4, -0.2) is 33.4 Å². The molecular formula is C16H21N5O2S2. The van der Waals surface area contributed by atoms with Crippen LogP contribution in [0.15, 0.2) is 28.6 Å². The van der Waals surface area contributed by atoms with Gasteiger partial charge < -0.3 is 10.6 Å². The van der Waals surface area contributed by atoms with E-state index in [9.17, 15) is 9.59 Å². The summed E-state index contributed by atoms with van der Waals surface area (Å²) in [4.78, 5) is 23.8. The van der Waals surface area contributed by atoms with Crippen molar-refractivity contribution in [2.24, 2.45) is 0 Å². The van der Waals surface area contributed by atoms with Crippen LogP contribution in [0.25, 0.3) is 0 Å². The molecule has 25 heavy (non-hydrogen) atoms. The first-order valence-corrected chi connectivity index (χ1v) is 9.44. The molecule has 0 fully saturated rings. The second-order valence-electron chi connectivity index (χ2n) is 6.35. The van der Waals surface area contributed by atoms with E-state index in [4.69, 9.17) is 0 Å². The SMILES string of the molecule is Cc1ccccc1NC(=O)CSc1nnc(NC(=O)NC(C)(C)C)s1. The minimum absolute atomic E-state index is 0.116. The topological polar surface area (TPSA) is 96.0 Å². The lowest BCUT2D eigenvalue weighted by molar-refractivity contribution is -0.113. The van der Waals surface area contributed by atoms with E-state index in [1.807, 2.05) is 52.0 Å². The Kier molecular flexibility index (Phi) is 6.38. The molecular weight excluding hydrogens is 358 g/mol. The average Bonchev–Trinajstić information content (AvgIpc) is 2.93. The van der Waals surface area contributed by atoms with Gasteiger partial charge in [0.25, 0.3) is 0 Å². The number of aromatic nitrogens is 2. The first kappa shape index (κ1) is 19.2. The maximum Gasteiger partial charge on any atom is 0.321 e. The molecule has 1 aromatic heterocycles. The van der Waals surface area contributed by atoms with Crippen LogP contribution in [0.4, 0.5) is 15.6 Å². The monoisotopic (exact) mass is 379 g/mol. The standard InChI is InChI=1S/C16H21N5O2S2/c1-10-7-5-6-8-11(10)17-12(22)9-24-15-21-20-14(25-15)18-13(23)19-16(2,3)4/h5-8H,9H2,1-4H3,(H,17,22)(H2,18,19,20,23). The van der Waals surface area contributed by atoms with E-state index in [2.05, 4.69) is 26.1 Å². The number of benzene rings is 1. The number of carbonyl (C=O) groups is 2. The maximum absolute atomic E-state index is 12.0. The summed E-state index contributed by atoms with van der Waals surface area (Å²) in [5, 5.41) is 16.5. The van der Waals surface area contributed by atoms with Gasteiger partial charge >= 0.3 is 6.03 Å². The van der Waals surface area contributed by atoms with Crippen molar-refractivity contribution in [2.75, 3.05) is 16.4 Å². The third-order valence-corrected chi connectivity index (χ3v) is 4.83. The van der Waals surface area contributed by atoms with Crippen LogP contribution in [0.1, 0.15) is 26.3 Å². The number of nitrogens with one attached hydrogen (secondary N) is 3. The highest BCUT2D eigenvalue weighted by atomic mass is 32.2. The van der Waals surface area contributed by atoms with Crippen LogP contribution in [0.3, 0.4) is 0 Å². The summed E-state index contributed by atoms with van der Waals surface area (Å²) in [6, 6.07) is 7.26. The Morgan fingerprint density at radius 1 is 1.16 bits per heavy atom. The quantitative estimate of drug-likeness (QED) is 0.546. The first-order chi connectivity index (χ1) is 11.7. The molecule has 2 rings (SSSR count). The number of carbonyl (C=O) groups excluding carboxylic acids is 2. The van der Waals surface area contributed by atoms with Crippen molar-refractivity contribution in [3.8, 4) is 0 Å². The fourth-order valence-electron chi connectivity index (χ4n) is 1.81. The number of amides is 3. The van der Waals surface area contributed by atoms with Crippen molar-refractivity contribution < 1.29 is 9.59 Å². The molecule has 3 N–H and O–H groups in total. The van der Waals surface area contributed by atoms with Gasteiger partial charge in [0.1, 0.15) is 0 Å². The van der Waals surface area contributed by atoms with Gasteiger partial charge in [-0.05, 0) is 39.3 Å². The van der Waals surface area contributed by atoms with Crippen molar-refractivity contribution in [1.82, 2.24) is 15.5 Å². The van der Waals surface area contributed by atoms with E-state index < -0.39 is 0 Å². The molecule has 0 radical (unpaired) electrons. The minimum atomic E-state index is -0.336. The molecule has 1 heterocycles. The van der Waals surface area contributed by atoms with Crippen LogP contribution in [0.5, 0.6) is 0 Å². The van der Waals surface area contributed by atoms with E-state index >= 15 is 0 Å². The first-order valence-electron chi connectivity index (χ1n) is 7.64. The molecule has 2 aromatic rings. The van der Waals surface area contributed by atoms with E-state index in [-0.39, 0.29) is 23.2 Å². The van der Waals surface area contributed by atoms with Crippen molar-refractivity contribution in [2.45, 2.75) is 37.6 Å². The Morgan fingerprint density at radius 2 is 1.88 bits per heavy atom. The summed E-state index contributed by atoms with van der Waals surface area (Å²) in [6.45, 7) is 7.61. The smallest absolute Gasteiger partial charge is 0.321 e. The molecule has 0 saturated heterocycles. The largest absolute Gasteiger partial charge is 0.333 e. The summed E-state index contributed by atoms with van der Waals surface area (Å²) < 4.78 is 0.617. The number of para-hydroxylation sites is 1. The molecule has 0 bridgehead atoms. The summed E-state index contributed by atoms with van der Waals surface area (Å²) in [7, 11) is 0. The zero-order chi connectivity index (χ0) is 18.4. The molecule has 1 aromatic carbocycles. The predicted molar refractivity (Wildman–Crippen MR) is 102 cm³/mol. The molecule has 0 aliphatic heterocycles. The summed E-state index contributed by atoms with van der Waals surface area (Å²) in [5.74, 6) is 0.103. The summed E-state index contributed by atoms with van der Waals surface area (Å²) in [6.07, 6.45) is 0. The number of rotatable bonds is 5. The Morgan fingerprint density at radius 3 is 2.56 bits per heavy atom. The van der Waals surface area contributed by atoms with E-state index in [1.54, 1.807) is 0 Å². The Balaban J connectivity index is 1.82. The van der Waals surface area contributed by atoms with Gasteiger partial charge in [0.2, 0.25) is 11.0 Å². The Bertz CT molecular complexity index is 755. The highest BCUT2D eigenvalue weighted by molar-refractivity contribution is 8.01. The van der Waals surface area contributed by atoms with Crippen LogP contribution >= 0.6 is 23.1 Å². The fraction of sp³-hybridized carbons (Fsp3) is 0.375. The summed E-state index contributed by atoms with van der Waals surface area (Å²) in [5.41, 5.74) is 1.47. The number of hydrogen-bond donors (Lipinski definition) is 3. The number of nitrogens with zero attached hydrogens (tertiary/aromatic N) is 2. The summed E-state index contributed by atoms with van der Waals surface area (Å²) >= 11 is 2.50. The van der Waals surface area contributed by atoms with Crippen LogP contribution < -0.4 is 16.0 Å². The van der Waals surface area contributed by atoms with E-state index in [0.717, 1.165) is 11.3 Å². The molecule has 7 nitrogen and oxygen atoms in total. The predicted octanol–water partition coefficient (Wildman–Crippen LogP) is 3.50. The lowest BCUT2D eigenvalue weighted by atomic mass is 10.1. The van der Waals surface area contributed by atoms with Gasteiger partial charge in [-0.3, -0.25) is 10.1 Å². The lowest BCUT2D eigenvalue weighted by Crippen LogP contribution is -2.43. The molecule has 134 valence electrons. The number of anilines is 2. The zero-order valence-corrected chi connectivity index (χ0v) is 16.2. The van der Waals surface area contributed by atoms with Crippen molar-refractivity contribution >= 4 is 45.9 Å². The number of urea groups is 1. The van der Waals surface area contributed by atoms with Crippen LogP contribution in [-0.2, 0) is 4.79 Å². The Hall–Kier alpha value is -2.13. The van der Waals surface area contributed by atoms with Crippen molar-refractivity contribution in [3.05, 3.63) is 29.8 Å². The number of thioether (sulfide) groups is 1. The van der Waals surface area contributed by atoms with Crippen LogP contribution in [0, 0.1) is 6.92 Å². The van der Waals surface area contributed by atoms with Gasteiger partial charge in [0.15, 0.2) is 4.34 Å². The van der Waals surface area contributed by atoms with Gasteiger partial charge in [0, 0.05) is 11.2 Å². The molecule has 0 unspecified atom stereocenters. The minimum Gasteiger partial charge on any atom is -0.333 e. The third-order valence-electron chi connectivity index (χ3n) is 2.86. The van der Waals surface area contributed by atoms with E-state index in [1.165, 1.54) is 23.1 Å². The highest BCUT2D eigenvalue weighted by Crippen LogP contribution is 2.25. The van der Waals surface area contributed by atoms with Gasteiger partial charge in [-0.25, -0.2) is 4.79 Å². The van der Waals surface area contributed by atoms with Crippen molar-refractivity contribution in [1.29, 1.82) is 0 Å². The molecule has 0 aliphatic carbocycles. The molecule has 9 heteroatoms. The second-order valence-corrected chi connectivity index (χ2v) is 8.55. The van der Waals surface area contributed by atoms with Crippen LogP contribution in [0.2, 0.25) is 0 Å². The fourth-order valence-corrected chi connectivity index (χ4v) is 3.36. The normalized spacial score (nSPS) is 11.0. The second kappa shape index (κ2) is 8.30. The molecule has 0 spiro atoms. The third kappa shape index (κ3) is 6.71. The lowest BCUT2D eigenvalue weighted by Gasteiger charge is -2.19. The Labute approximate surface area is 155 Å². The number of hydrogen-bond acceptors (Lipinski definition) is 6. The van der Waals surface area contributed by atoms with Gasteiger partial charge in [0.05, 0.1) is 5.75 Å². The van der Waals surface area contributed by atoms with E-state index in [0.29, 0.717) is 9.47 Å². The zero-order valence-electron chi connectivity index (χ0n) is 14.5. The van der Waals surface area contributed by atoms with Gasteiger partial charge in [-0.1, -0.05) is 41.3 Å². The van der Waals surface area contributed by atoms with Gasteiger partial charge in [-0.15, -0.1) is 10.2 Å². The average molecular weight is 380 g/mol. The molecule has 0 atom stereocenters. The number of aryl methyl sites for hydroxylation is 1. The maximum atomic E-state index is 12.0. The molecule has 0 saturated carbocycles. The van der Waals surface area contributed by atoms with Crippen molar-refractivity contribution in [3.63, 3.8) is 0 Å². The molecule has 3 amide bonds. The molecule has 0 aliphatic rings.